The first-order chi connectivity index (χ1) is 9.22. The zero-order valence-corrected chi connectivity index (χ0v) is 12.3. The first-order valence-corrected chi connectivity index (χ1v) is 6.77. The van der Waals surface area contributed by atoms with Crippen LogP contribution in [0.2, 0.25) is 0 Å². The van der Waals surface area contributed by atoms with Gasteiger partial charge in [-0.2, -0.15) is 0 Å². The van der Waals surface area contributed by atoms with Gasteiger partial charge in [-0.05, 0) is 37.8 Å². The molecule has 1 aromatic carbocycles. The van der Waals surface area contributed by atoms with Crippen LogP contribution in [0.1, 0.15) is 56.0 Å². The van der Waals surface area contributed by atoms with Crippen molar-refractivity contribution >= 4 is 5.91 Å². The standard InChI is InChI=1S/C15H23NO4/c1-8(2)11-6-12(14(19)7-13(11)18)15(20)16-9(3)5-10(4)17/h6-10,17-19H,5H2,1-4H3,(H,16,20). The molecule has 0 saturated carbocycles. The van der Waals surface area contributed by atoms with E-state index in [9.17, 15) is 20.1 Å². The van der Waals surface area contributed by atoms with Crippen LogP contribution in [-0.2, 0) is 0 Å². The van der Waals surface area contributed by atoms with Crippen molar-refractivity contribution in [3.8, 4) is 11.5 Å². The fourth-order valence-electron chi connectivity index (χ4n) is 2.11. The number of aliphatic hydroxyl groups excluding tert-OH is 1. The summed E-state index contributed by atoms with van der Waals surface area (Å²) in [6, 6.07) is 2.47. The number of aromatic hydroxyl groups is 2. The van der Waals surface area contributed by atoms with Crippen molar-refractivity contribution in [3.63, 3.8) is 0 Å². The fourth-order valence-corrected chi connectivity index (χ4v) is 2.11. The van der Waals surface area contributed by atoms with Gasteiger partial charge in [0.2, 0.25) is 0 Å². The van der Waals surface area contributed by atoms with Crippen LogP contribution in [0, 0.1) is 0 Å². The minimum absolute atomic E-state index is 0.0221. The van der Waals surface area contributed by atoms with E-state index in [1.54, 1.807) is 13.8 Å². The first kappa shape index (κ1) is 16.3. The second-order valence-corrected chi connectivity index (χ2v) is 5.54. The lowest BCUT2D eigenvalue weighted by Gasteiger charge is -2.17. The van der Waals surface area contributed by atoms with E-state index in [2.05, 4.69) is 5.32 Å². The van der Waals surface area contributed by atoms with Gasteiger partial charge >= 0.3 is 0 Å². The Hall–Kier alpha value is -1.75. The molecule has 1 amide bonds. The normalized spacial score (nSPS) is 14.1. The van der Waals surface area contributed by atoms with E-state index in [1.165, 1.54) is 12.1 Å². The highest BCUT2D eigenvalue weighted by atomic mass is 16.3. The van der Waals surface area contributed by atoms with Crippen molar-refractivity contribution in [3.05, 3.63) is 23.3 Å². The molecule has 112 valence electrons. The van der Waals surface area contributed by atoms with Gasteiger partial charge in [-0.1, -0.05) is 13.8 Å². The molecule has 0 saturated heterocycles. The number of hydrogen-bond acceptors (Lipinski definition) is 4. The molecule has 0 radical (unpaired) electrons. The summed E-state index contributed by atoms with van der Waals surface area (Å²) in [5.41, 5.74) is 0.736. The zero-order valence-electron chi connectivity index (χ0n) is 12.3. The van der Waals surface area contributed by atoms with Gasteiger partial charge < -0.3 is 20.6 Å². The molecule has 1 rings (SSSR count). The minimum atomic E-state index is -0.509. The second kappa shape index (κ2) is 6.61. The summed E-state index contributed by atoms with van der Waals surface area (Å²) in [7, 11) is 0. The molecule has 1 aromatic rings. The van der Waals surface area contributed by atoms with E-state index >= 15 is 0 Å². The summed E-state index contributed by atoms with van der Waals surface area (Å²) in [5, 5.41) is 31.5. The van der Waals surface area contributed by atoms with Crippen LogP contribution in [0.5, 0.6) is 11.5 Å². The number of aliphatic hydroxyl groups is 1. The van der Waals surface area contributed by atoms with Crippen LogP contribution in [0.4, 0.5) is 0 Å². The molecule has 0 aliphatic rings. The van der Waals surface area contributed by atoms with Crippen molar-refractivity contribution in [1.29, 1.82) is 0 Å². The molecular weight excluding hydrogens is 258 g/mol. The molecule has 5 nitrogen and oxygen atoms in total. The van der Waals surface area contributed by atoms with Gasteiger partial charge in [-0.25, -0.2) is 0 Å². The van der Waals surface area contributed by atoms with Crippen LogP contribution >= 0.6 is 0 Å². The van der Waals surface area contributed by atoms with E-state index in [0.29, 0.717) is 12.0 Å². The average Bonchev–Trinajstić information content (AvgIpc) is 2.26. The molecule has 0 aromatic heterocycles. The van der Waals surface area contributed by atoms with E-state index < -0.39 is 12.0 Å². The Morgan fingerprint density at radius 1 is 1.15 bits per heavy atom. The number of nitrogens with one attached hydrogen (secondary N) is 1. The van der Waals surface area contributed by atoms with Gasteiger partial charge in [0.1, 0.15) is 11.5 Å². The highest BCUT2D eigenvalue weighted by molar-refractivity contribution is 5.97. The van der Waals surface area contributed by atoms with Crippen LogP contribution < -0.4 is 5.32 Å². The Morgan fingerprint density at radius 2 is 1.75 bits per heavy atom. The lowest BCUT2D eigenvalue weighted by atomic mass is 9.98. The lowest BCUT2D eigenvalue weighted by Crippen LogP contribution is -2.34. The predicted molar refractivity (Wildman–Crippen MR) is 77.1 cm³/mol. The lowest BCUT2D eigenvalue weighted by molar-refractivity contribution is 0.0920. The summed E-state index contributed by atoms with van der Waals surface area (Å²) < 4.78 is 0. The number of amides is 1. The molecule has 4 N–H and O–H groups in total. The topological polar surface area (TPSA) is 89.8 Å². The Labute approximate surface area is 119 Å². The third-order valence-corrected chi connectivity index (χ3v) is 3.08. The van der Waals surface area contributed by atoms with Crippen LogP contribution in [0.25, 0.3) is 0 Å². The Balaban J connectivity index is 2.95. The number of phenols is 2. The summed E-state index contributed by atoms with van der Waals surface area (Å²) in [6.45, 7) is 7.22. The number of carbonyl (C=O) groups excluding carboxylic acids is 1. The molecule has 0 bridgehead atoms. The van der Waals surface area contributed by atoms with Crippen LogP contribution in [0.3, 0.4) is 0 Å². The van der Waals surface area contributed by atoms with Crippen molar-refractivity contribution in [2.45, 2.75) is 52.2 Å². The quantitative estimate of drug-likeness (QED) is 0.665. The Kier molecular flexibility index (Phi) is 5.39. The summed E-state index contributed by atoms with van der Waals surface area (Å²) in [5.74, 6) is -0.658. The van der Waals surface area contributed by atoms with E-state index in [0.717, 1.165) is 0 Å². The van der Waals surface area contributed by atoms with E-state index in [-0.39, 0.29) is 29.0 Å². The van der Waals surface area contributed by atoms with Crippen molar-refractivity contribution in [2.75, 3.05) is 0 Å². The summed E-state index contributed by atoms with van der Waals surface area (Å²) in [6.07, 6.45) is -0.0771. The van der Waals surface area contributed by atoms with E-state index in [1.807, 2.05) is 13.8 Å². The summed E-state index contributed by atoms with van der Waals surface area (Å²) >= 11 is 0. The molecule has 0 spiro atoms. The number of carbonyl (C=O) groups is 1. The molecule has 0 aliphatic carbocycles. The average molecular weight is 281 g/mol. The highest BCUT2D eigenvalue weighted by Crippen LogP contribution is 2.32. The first-order valence-electron chi connectivity index (χ1n) is 6.77. The zero-order chi connectivity index (χ0) is 15.4. The SMILES string of the molecule is CC(O)CC(C)NC(=O)c1cc(C(C)C)c(O)cc1O. The number of benzene rings is 1. The molecule has 5 heteroatoms. The molecular formula is C15H23NO4. The van der Waals surface area contributed by atoms with Gasteiger partial charge in [0.05, 0.1) is 11.7 Å². The molecule has 20 heavy (non-hydrogen) atoms. The monoisotopic (exact) mass is 281 g/mol. The molecule has 0 heterocycles. The smallest absolute Gasteiger partial charge is 0.255 e. The van der Waals surface area contributed by atoms with Crippen molar-refractivity contribution in [1.82, 2.24) is 5.32 Å². The third-order valence-electron chi connectivity index (χ3n) is 3.08. The molecule has 0 aliphatic heterocycles. The van der Waals surface area contributed by atoms with Gasteiger partial charge in [0.15, 0.2) is 0 Å². The highest BCUT2D eigenvalue weighted by Gasteiger charge is 2.18. The van der Waals surface area contributed by atoms with Gasteiger partial charge in [0.25, 0.3) is 5.91 Å². The van der Waals surface area contributed by atoms with Crippen LogP contribution in [0.15, 0.2) is 12.1 Å². The molecule has 0 fully saturated rings. The predicted octanol–water partition coefficient (Wildman–Crippen LogP) is 2.11. The van der Waals surface area contributed by atoms with Crippen molar-refractivity contribution in [2.24, 2.45) is 0 Å². The van der Waals surface area contributed by atoms with Gasteiger partial charge in [0, 0.05) is 12.1 Å². The number of hydrogen-bond donors (Lipinski definition) is 4. The largest absolute Gasteiger partial charge is 0.508 e. The van der Waals surface area contributed by atoms with Crippen molar-refractivity contribution < 1.29 is 20.1 Å². The maximum Gasteiger partial charge on any atom is 0.255 e. The minimum Gasteiger partial charge on any atom is -0.508 e. The number of phenolic OH excluding ortho intramolecular Hbond substituents is 2. The maximum absolute atomic E-state index is 12.1. The number of rotatable bonds is 5. The van der Waals surface area contributed by atoms with Gasteiger partial charge in [-0.15, -0.1) is 0 Å². The van der Waals surface area contributed by atoms with Gasteiger partial charge in [-0.3, -0.25) is 4.79 Å². The Morgan fingerprint density at radius 3 is 2.25 bits per heavy atom. The maximum atomic E-state index is 12.1. The Bertz CT molecular complexity index is 483. The molecule has 2 atom stereocenters. The van der Waals surface area contributed by atoms with Crippen LogP contribution in [-0.4, -0.2) is 33.4 Å². The third kappa shape index (κ3) is 4.13. The second-order valence-electron chi connectivity index (χ2n) is 5.54. The summed E-state index contributed by atoms with van der Waals surface area (Å²) in [4.78, 5) is 12.1. The molecule has 2 unspecified atom stereocenters. The fraction of sp³-hybridized carbons (Fsp3) is 0.533. The van der Waals surface area contributed by atoms with E-state index in [4.69, 9.17) is 0 Å².